The van der Waals surface area contributed by atoms with Gasteiger partial charge in [-0.1, -0.05) is 48.6 Å². The van der Waals surface area contributed by atoms with Gasteiger partial charge in [0.15, 0.2) is 0 Å². The van der Waals surface area contributed by atoms with E-state index in [4.69, 9.17) is 4.98 Å². The van der Waals surface area contributed by atoms with Crippen molar-refractivity contribution in [2.45, 2.75) is 32.2 Å². The molecule has 156 valence electrons. The number of fused-ring (bicyclic) bond motifs is 1. The van der Waals surface area contributed by atoms with Crippen LogP contribution in [-0.2, 0) is 6.42 Å². The number of likely N-dealkylation sites (tertiary alicyclic amines) is 1. The van der Waals surface area contributed by atoms with Gasteiger partial charge in [0, 0.05) is 18.1 Å². The molecule has 4 heterocycles. The number of nitrogens with zero attached hydrogens (tertiary/aromatic N) is 5. The number of carbonyl (C=O) groups is 1. The van der Waals surface area contributed by atoms with Gasteiger partial charge in [-0.25, -0.2) is 4.98 Å². The number of hydrogen-bond acceptors (Lipinski definition) is 7. The van der Waals surface area contributed by atoms with Crippen LogP contribution in [-0.4, -0.2) is 37.5 Å². The molecule has 1 atom stereocenters. The topological polar surface area (TPSA) is 83.9 Å². The number of pyridine rings is 2. The van der Waals surface area contributed by atoms with Crippen LogP contribution < -0.4 is 5.32 Å². The second-order valence-corrected chi connectivity index (χ2v) is 8.53. The highest BCUT2D eigenvalue weighted by molar-refractivity contribution is 7.15. The quantitative estimate of drug-likeness (QED) is 0.491. The number of carbonyl (C=O) groups excluding carboxylic acids is 1. The van der Waals surface area contributed by atoms with Crippen LogP contribution in [0, 0.1) is 0 Å². The van der Waals surface area contributed by atoms with Gasteiger partial charge in [-0.15, -0.1) is 10.2 Å². The first kappa shape index (κ1) is 19.6. The van der Waals surface area contributed by atoms with Gasteiger partial charge in [-0.2, -0.15) is 0 Å². The maximum atomic E-state index is 13.5. The zero-order valence-corrected chi connectivity index (χ0v) is 18.0. The third kappa shape index (κ3) is 3.86. The largest absolute Gasteiger partial charge is 0.329 e. The SMILES string of the molecule is CCc1nnc(Nc2cccc([C@H]3CCCN3C(=O)c3nccc4ccccc34)n2)s1. The number of aromatic nitrogens is 4. The van der Waals surface area contributed by atoms with E-state index in [-0.39, 0.29) is 11.9 Å². The molecule has 0 radical (unpaired) electrons. The molecule has 0 spiro atoms. The molecule has 5 rings (SSSR count). The Hall–Kier alpha value is -3.39. The lowest BCUT2D eigenvalue weighted by Crippen LogP contribution is -2.31. The molecular formula is C23H22N6OS. The van der Waals surface area contributed by atoms with Crippen LogP contribution in [0.25, 0.3) is 10.8 Å². The van der Waals surface area contributed by atoms with Gasteiger partial charge in [0.25, 0.3) is 5.91 Å². The standard InChI is InChI=1S/C23H22N6OS/c1-2-20-27-28-23(31-20)26-19-11-5-9-17(25-19)18-10-6-14-29(18)22(30)21-16-8-4-3-7-15(16)12-13-24-21/h3-5,7-9,11-13,18H,2,6,10,14H2,1H3,(H,25,26,28)/t18-/m1/s1. The van der Waals surface area contributed by atoms with Crippen molar-refractivity contribution < 1.29 is 4.79 Å². The second-order valence-electron chi connectivity index (χ2n) is 7.46. The van der Waals surface area contributed by atoms with Crippen molar-refractivity contribution in [3.8, 4) is 0 Å². The van der Waals surface area contributed by atoms with Crippen LogP contribution in [0.5, 0.6) is 0 Å². The van der Waals surface area contributed by atoms with Crippen molar-refractivity contribution in [2.75, 3.05) is 11.9 Å². The number of aryl methyl sites for hydroxylation is 1. The summed E-state index contributed by atoms with van der Waals surface area (Å²) in [5, 5.41) is 15.2. The first-order valence-corrected chi connectivity index (χ1v) is 11.3. The first-order valence-electron chi connectivity index (χ1n) is 10.4. The molecule has 8 heteroatoms. The predicted molar refractivity (Wildman–Crippen MR) is 122 cm³/mol. The third-order valence-electron chi connectivity index (χ3n) is 5.51. The van der Waals surface area contributed by atoms with Crippen molar-refractivity contribution in [2.24, 2.45) is 0 Å². The Morgan fingerprint density at radius 2 is 2.06 bits per heavy atom. The lowest BCUT2D eigenvalue weighted by atomic mass is 10.1. The third-order valence-corrected chi connectivity index (χ3v) is 6.49. The molecule has 1 N–H and O–H groups in total. The monoisotopic (exact) mass is 430 g/mol. The Labute approximate surface area is 184 Å². The van der Waals surface area contributed by atoms with Gasteiger partial charge in [-0.05, 0) is 42.8 Å². The highest BCUT2D eigenvalue weighted by Crippen LogP contribution is 2.33. The van der Waals surface area contributed by atoms with Crippen LogP contribution in [0.2, 0.25) is 0 Å². The summed E-state index contributed by atoms with van der Waals surface area (Å²) >= 11 is 1.52. The summed E-state index contributed by atoms with van der Waals surface area (Å²) in [5.41, 5.74) is 1.37. The number of rotatable bonds is 5. The van der Waals surface area contributed by atoms with Gasteiger partial charge in [0.2, 0.25) is 5.13 Å². The molecule has 0 saturated carbocycles. The number of nitrogens with one attached hydrogen (secondary N) is 1. The van der Waals surface area contributed by atoms with E-state index in [1.54, 1.807) is 6.20 Å². The van der Waals surface area contributed by atoms with E-state index >= 15 is 0 Å². The predicted octanol–water partition coefficient (Wildman–Crippen LogP) is 4.76. The van der Waals surface area contributed by atoms with Crippen LogP contribution in [0.1, 0.15) is 47.0 Å². The summed E-state index contributed by atoms with van der Waals surface area (Å²) in [6.45, 7) is 2.75. The van der Waals surface area contributed by atoms with E-state index in [1.165, 1.54) is 11.3 Å². The Bertz CT molecular complexity index is 1230. The van der Waals surface area contributed by atoms with Gasteiger partial charge in [0.05, 0.1) is 11.7 Å². The lowest BCUT2D eigenvalue weighted by Gasteiger charge is -2.24. The first-order chi connectivity index (χ1) is 15.2. The second kappa shape index (κ2) is 8.39. The molecule has 1 aliphatic rings. The number of benzene rings is 1. The summed E-state index contributed by atoms with van der Waals surface area (Å²) in [6.07, 6.45) is 4.38. The number of amides is 1. The van der Waals surface area contributed by atoms with Crippen molar-refractivity contribution >= 4 is 39.0 Å². The summed E-state index contributed by atoms with van der Waals surface area (Å²) in [6, 6.07) is 15.6. The molecule has 4 aromatic rings. The van der Waals surface area contributed by atoms with Crippen LogP contribution in [0.15, 0.2) is 54.7 Å². The summed E-state index contributed by atoms with van der Waals surface area (Å²) in [4.78, 5) is 24.6. The Kier molecular flexibility index (Phi) is 5.30. The molecule has 1 saturated heterocycles. The Morgan fingerprint density at radius 1 is 1.16 bits per heavy atom. The van der Waals surface area contributed by atoms with Crippen molar-refractivity contribution in [1.82, 2.24) is 25.1 Å². The molecule has 1 aromatic carbocycles. The van der Waals surface area contributed by atoms with E-state index in [2.05, 4.69) is 27.4 Å². The van der Waals surface area contributed by atoms with Gasteiger partial charge in [0.1, 0.15) is 16.5 Å². The molecule has 31 heavy (non-hydrogen) atoms. The number of hydrogen-bond donors (Lipinski definition) is 1. The summed E-state index contributed by atoms with van der Waals surface area (Å²) in [7, 11) is 0. The maximum Gasteiger partial charge on any atom is 0.273 e. The fourth-order valence-electron chi connectivity index (χ4n) is 4.01. The molecule has 1 fully saturated rings. The maximum absolute atomic E-state index is 13.5. The molecule has 0 bridgehead atoms. The van der Waals surface area contributed by atoms with Gasteiger partial charge >= 0.3 is 0 Å². The van der Waals surface area contributed by atoms with E-state index in [0.717, 1.165) is 45.9 Å². The average Bonchev–Trinajstić information content (AvgIpc) is 3.48. The zero-order chi connectivity index (χ0) is 21.2. The van der Waals surface area contributed by atoms with E-state index in [1.807, 2.05) is 53.4 Å². The molecule has 7 nitrogen and oxygen atoms in total. The lowest BCUT2D eigenvalue weighted by molar-refractivity contribution is 0.0729. The minimum atomic E-state index is -0.0735. The van der Waals surface area contributed by atoms with E-state index in [9.17, 15) is 4.79 Å². The number of anilines is 2. The molecule has 0 unspecified atom stereocenters. The molecule has 1 amide bonds. The van der Waals surface area contributed by atoms with Crippen LogP contribution >= 0.6 is 11.3 Å². The summed E-state index contributed by atoms with van der Waals surface area (Å²) < 4.78 is 0. The molecule has 0 aliphatic carbocycles. The molecule has 3 aromatic heterocycles. The summed E-state index contributed by atoms with van der Waals surface area (Å²) in [5.74, 6) is 0.662. The van der Waals surface area contributed by atoms with Gasteiger partial charge in [-0.3, -0.25) is 9.78 Å². The van der Waals surface area contributed by atoms with E-state index < -0.39 is 0 Å². The minimum absolute atomic E-state index is 0.0452. The van der Waals surface area contributed by atoms with Crippen LogP contribution in [0.4, 0.5) is 10.9 Å². The average molecular weight is 431 g/mol. The fourth-order valence-corrected chi connectivity index (χ4v) is 4.69. The smallest absolute Gasteiger partial charge is 0.273 e. The molecular weight excluding hydrogens is 408 g/mol. The highest BCUT2D eigenvalue weighted by atomic mass is 32.1. The highest BCUT2D eigenvalue weighted by Gasteiger charge is 2.33. The molecule has 1 aliphatic heterocycles. The fraction of sp³-hybridized carbons (Fsp3) is 0.261. The van der Waals surface area contributed by atoms with Crippen molar-refractivity contribution in [3.63, 3.8) is 0 Å². The van der Waals surface area contributed by atoms with E-state index in [0.29, 0.717) is 18.1 Å². The Balaban J connectivity index is 1.42. The van der Waals surface area contributed by atoms with Gasteiger partial charge < -0.3 is 10.2 Å². The van der Waals surface area contributed by atoms with Crippen molar-refractivity contribution in [3.05, 3.63) is 71.1 Å². The Morgan fingerprint density at radius 3 is 2.94 bits per heavy atom. The van der Waals surface area contributed by atoms with Crippen LogP contribution in [0.3, 0.4) is 0 Å². The normalized spacial score (nSPS) is 16.0. The minimum Gasteiger partial charge on any atom is -0.329 e. The van der Waals surface area contributed by atoms with Crippen molar-refractivity contribution in [1.29, 1.82) is 0 Å². The zero-order valence-electron chi connectivity index (χ0n) is 17.2.